The molecule has 2 aromatic rings. The number of likely N-dealkylation sites (tertiary alicyclic amines) is 1. The van der Waals surface area contributed by atoms with E-state index in [0.29, 0.717) is 6.54 Å². The lowest BCUT2D eigenvalue weighted by molar-refractivity contribution is 0.0433. The largest absolute Gasteiger partial charge is 0.491 e. The van der Waals surface area contributed by atoms with Gasteiger partial charge in [-0.25, -0.2) is 8.78 Å². The van der Waals surface area contributed by atoms with Gasteiger partial charge in [-0.2, -0.15) is 0 Å². The predicted octanol–water partition coefficient (Wildman–Crippen LogP) is 1.93. The van der Waals surface area contributed by atoms with E-state index < -0.39 is 29.3 Å². The molecule has 0 saturated carbocycles. The SMILES string of the molecule is COc1c(F)ccc(C(=O)N2C[C@H]3C[C@@H](C2)[C@H](CO)n2c3cccc2=O)c1F. The Bertz CT molecular complexity index is 991. The lowest BCUT2D eigenvalue weighted by Crippen LogP contribution is -2.52. The summed E-state index contributed by atoms with van der Waals surface area (Å²) in [4.78, 5) is 26.8. The van der Waals surface area contributed by atoms with Crippen molar-refractivity contribution in [2.24, 2.45) is 5.92 Å². The van der Waals surface area contributed by atoms with E-state index in [1.165, 1.54) is 11.0 Å². The van der Waals surface area contributed by atoms with Crippen molar-refractivity contribution < 1.29 is 23.4 Å². The average Bonchev–Trinajstić information content (AvgIpc) is 2.69. The summed E-state index contributed by atoms with van der Waals surface area (Å²) in [5.41, 5.74) is 0.321. The van der Waals surface area contributed by atoms with Gasteiger partial charge in [0.25, 0.3) is 11.5 Å². The number of hydrogen-bond donors (Lipinski definition) is 1. The average molecular weight is 390 g/mol. The highest BCUT2D eigenvalue weighted by atomic mass is 19.1. The summed E-state index contributed by atoms with van der Waals surface area (Å²) >= 11 is 0. The topological polar surface area (TPSA) is 71.8 Å². The predicted molar refractivity (Wildman–Crippen MR) is 96.5 cm³/mol. The summed E-state index contributed by atoms with van der Waals surface area (Å²) < 4.78 is 34.6. The Kier molecular flexibility index (Phi) is 4.66. The van der Waals surface area contributed by atoms with Crippen molar-refractivity contribution in [3.63, 3.8) is 0 Å². The van der Waals surface area contributed by atoms with Crippen LogP contribution in [-0.4, -0.2) is 47.3 Å². The first-order valence-corrected chi connectivity index (χ1v) is 9.09. The van der Waals surface area contributed by atoms with Crippen LogP contribution in [0.2, 0.25) is 0 Å². The number of aromatic nitrogens is 1. The number of halogens is 2. The number of carbonyl (C=O) groups is 1. The summed E-state index contributed by atoms with van der Waals surface area (Å²) in [5, 5.41) is 9.88. The highest BCUT2D eigenvalue weighted by Gasteiger charge is 2.42. The number of ether oxygens (including phenoxy) is 1. The third-order valence-electron chi connectivity index (χ3n) is 5.76. The standard InChI is InChI=1S/C20H20F2N2O4/c1-28-19-14(21)6-5-13(18(19)22)20(27)23-8-11-7-12(9-23)16(10-25)24-15(11)3-2-4-17(24)26/h2-6,11-12,16,25H,7-10H2,1H3/t11-,12+,16+/m1/s1. The molecule has 8 heteroatoms. The van der Waals surface area contributed by atoms with Crippen molar-refractivity contribution in [2.75, 3.05) is 26.8 Å². The van der Waals surface area contributed by atoms with Gasteiger partial charge < -0.3 is 19.3 Å². The first-order valence-electron chi connectivity index (χ1n) is 9.09. The first kappa shape index (κ1) is 18.6. The molecule has 3 atom stereocenters. The molecule has 0 spiro atoms. The number of benzene rings is 1. The fourth-order valence-corrected chi connectivity index (χ4v) is 4.50. The van der Waals surface area contributed by atoms with Crippen LogP contribution >= 0.6 is 0 Å². The maximum absolute atomic E-state index is 14.6. The van der Waals surface area contributed by atoms with Gasteiger partial charge in [-0.15, -0.1) is 0 Å². The van der Waals surface area contributed by atoms with Gasteiger partial charge in [-0.3, -0.25) is 9.59 Å². The quantitative estimate of drug-likeness (QED) is 0.869. The molecule has 1 N–H and O–H groups in total. The molecule has 0 unspecified atom stereocenters. The molecule has 0 aliphatic carbocycles. The maximum atomic E-state index is 14.6. The summed E-state index contributed by atoms with van der Waals surface area (Å²) in [6.07, 6.45) is 0.730. The molecule has 0 radical (unpaired) electrons. The van der Waals surface area contributed by atoms with Crippen LogP contribution in [0.4, 0.5) is 8.78 Å². The highest BCUT2D eigenvalue weighted by Crippen LogP contribution is 2.41. The van der Waals surface area contributed by atoms with Crippen LogP contribution in [-0.2, 0) is 0 Å². The number of aliphatic hydroxyl groups excluding tert-OH is 1. The van der Waals surface area contributed by atoms with Gasteiger partial charge >= 0.3 is 0 Å². The zero-order chi connectivity index (χ0) is 20.0. The summed E-state index contributed by atoms with van der Waals surface area (Å²) in [7, 11) is 1.14. The van der Waals surface area contributed by atoms with Crippen molar-refractivity contribution >= 4 is 5.91 Å². The summed E-state index contributed by atoms with van der Waals surface area (Å²) in [6, 6.07) is 6.61. The maximum Gasteiger partial charge on any atom is 0.257 e. The molecule has 1 saturated heterocycles. The molecular formula is C20H20F2N2O4. The molecule has 6 nitrogen and oxygen atoms in total. The number of aliphatic hydroxyl groups is 1. The Hall–Kier alpha value is -2.74. The first-order chi connectivity index (χ1) is 13.5. The lowest BCUT2D eigenvalue weighted by Gasteiger charge is -2.46. The minimum atomic E-state index is -1.03. The molecule has 1 amide bonds. The van der Waals surface area contributed by atoms with Crippen LogP contribution in [0.5, 0.6) is 5.75 Å². The second-order valence-corrected chi connectivity index (χ2v) is 7.25. The number of rotatable bonds is 3. The second kappa shape index (κ2) is 7.01. The number of fused-ring (bicyclic) bond motifs is 4. The third kappa shape index (κ3) is 2.79. The summed E-state index contributed by atoms with van der Waals surface area (Å²) in [6.45, 7) is 0.367. The van der Waals surface area contributed by atoms with Gasteiger partial charge in [0.15, 0.2) is 17.4 Å². The molecule has 1 aromatic heterocycles. The van der Waals surface area contributed by atoms with Crippen LogP contribution in [0, 0.1) is 17.6 Å². The fourth-order valence-electron chi connectivity index (χ4n) is 4.50. The molecule has 3 heterocycles. The molecule has 1 aromatic carbocycles. The second-order valence-electron chi connectivity index (χ2n) is 7.25. The molecular weight excluding hydrogens is 370 g/mol. The molecule has 148 valence electrons. The van der Waals surface area contributed by atoms with E-state index >= 15 is 0 Å². The van der Waals surface area contributed by atoms with Crippen LogP contribution in [0.3, 0.4) is 0 Å². The van der Waals surface area contributed by atoms with Gasteiger partial charge in [0, 0.05) is 36.7 Å². The van der Waals surface area contributed by atoms with E-state index in [2.05, 4.69) is 0 Å². The van der Waals surface area contributed by atoms with Crippen LogP contribution < -0.4 is 10.3 Å². The zero-order valence-electron chi connectivity index (χ0n) is 15.3. The molecule has 2 aliphatic rings. The Morgan fingerprint density at radius 3 is 2.75 bits per heavy atom. The van der Waals surface area contributed by atoms with Crippen molar-refractivity contribution in [3.05, 3.63) is 63.6 Å². The van der Waals surface area contributed by atoms with Crippen LogP contribution in [0.25, 0.3) is 0 Å². The molecule has 2 aliphatic heterocycles. The molecule has 28 heavy (non-hydrogen) atoms. The van der Waals surface area contributed by atoms with Gasteiger partial charge in [-0.1, -0.05) is 6.07 Å². The number of carbonyl (C=O) groups excluding carboxylic acids is 1. The van der Waals surface area contributed by atoms with E-state index in [1.807, 2.05) is 6.07 Å². The summed E-state index contributed by atoms with van der Waals surface area (Å²) in [5.74, 6) is -3.28. The van der Waals surface area contributed by atoms with Gasteiger partial charge in [0.2, 0.25) is 0 Å². The van der Waals surface area contributed by atoms with Crippen molar-refractivity contribution in [1.29, 1.82) is 0 Å². The van der Waals surface area contributed by atoms with Gasteiger partial charge in [0.05, 0.1) is 25.3 Å². The fraction of sp³-hybridized carbons (Fsp3) is 0.400. The molecule has 1 fully saturated rings. The number of pyridine rings is 1. The highest BCUT2D eigenvalue weighted by molar-refractivity contribution is 5.95. The third-order valence-corrected chi connectivity index (χ3v) is 5.76. The number of methoxy groups -OCH3 is 1. The van der Waals surface area contributed by atoms with E-state index in [1.54, 1.807) is 10.6 Å². The van der Waals surface area contributed by atoms with E-state index in [9.17, 15) is 23.5 Å². The number of piperidine rings is 1. The number of hydrogen-bond acceptors (Lipinski definition) is 4. The van der Waals surface area contributed by atoms with E-state index in [-0.39, 0.29) is 36.1 Å². The normalized spacial score (nSPS) is 23.3. The molecule has 4 rings (SSSR count). The lowest BCUT2D eigenvalue weighted by atomic mass is 9.78. The van der Waals surface area contributed by atoms with Crippen molar-refractivity contribution in [2.45, 2.75) is 18.4 Å². The van der Waals surface area contributed by atoms with Gasteiger partial charge in [-0.05, 0) is 24.6 Å². The van der Waals surface area contributed by atoms with Gasteiger partial charge in [0.1, 0.15) is 0 Å². The Balaban J connectivity index is 1.70. The minimum Gasteiger partial charge on any atom is -0.491 e. The number of nitrogens with zero attached hydrogens (tertiary/aromatic N) is 2. The minimum absolute atomic E-state index is 0.0928. The zero-order valence-corrected chi connectivity index (χ0v) is 15.3. The Labute approximate surface area is 160 Å². The van der Waals surface area contributed by atoms with Crippen LogP contribution in [0.1, 0.15) is 34.4 Å². The van der Waals surface area contributed by atoms with Crippen molar-refractivity contribution in [3.8, 4) is 5.75 Å². The van der Waals surface area contributed by atoms with Crippen molar-refractivity contribution in [1.82, 2.24) is 9.47 Å². The van der Waals surface area contributed by atoms with E-state index in [0.717, 1.165) is 31.4 Å². The Morgan fingerprint density at radius 1 is 1.25 bits per heavy atom. The van der Waals surface area contributed by atoms with Crippen LogP contribution in [0.15, 0.2) is 35.1 Å². The molecule has 2 bridgehead atoms. The monoisotopic (exact) mass is 390 g/mol. The number of amides is 1. The van der Waals surface area contributed by atoms with E-state index in [4.69, 9.17) is 4.74 Å². The Morgan fingerprint density at radius 2 is 2.04 bits per heavy atom. The smallest absolute Gasteiger partial charge is 0.257 e.